The summed E-state index contributed by atoms with van der Waals surface area (Å²) in [5.41, 5.74) is 3.38. The summed E-state index contributed by atoms with van der Waals surface area (Å²) in [6.45, 7) is 3.61. The van der Waals surface area contributed by atoms with Crippen molar-refractivity contribution in [2.45, 2.75) is 32.1 Å². The van der Waals surface area contributed by atoms with Crippen LogP contribution in [0, 0.1) is 25.6 Å². The molecule has 1 aromatic carbocycles. The van der Waals surface area contributed by atoms with Crippen molar-refractivity contribution in [2.75, 3.05) is 14.1 Å². The third-order valence-corrected chi connectivity index (χ3v) is 7.34. The van der Waals surface area contributed by atoms with Crippen molar-refractivity contribution in [1.29, 1.82) is 0 Å². The van der Waals surface area contributed by atoms with Crippen molar-refractivity contribution < 1.29 is 13.6 Å². The van der Waals surface area contributed by atoms with Crippen molar-refractivity contribution in [1.82, 2.24) is 19.4 Å². The fraction of sp³-hybridized carbons (Fsp3) is 0.241. The molecule has 1 aliphatic rings. The van der Waals surface area contributed by atoms with Crippen molar-refractivity contribution in [3.63, 3.8) is 0 Å². The number of amides is 1. The Hall–Kier alpha value is -3.91. The van der Waals surface area contributed by atoms with Crippen LogP contribution in [0.4, 0.5) is 8.78 Å². The summed E-state index contributed by atoms with van der Waals surface area (Å²) in [6.07, 6.45) is 3.75. The number of hydrogen-bond acceptors (Lipinski definition) is 4. The molecule has 0 spiro atoms. The first-order valence-electron chi connectivity index (χ1n) is 12.1. The lowest BCUT2D eigenvalue weighted by molar-refractivity contribution is 0.0823. The van der Waals surface area contributed by atoms with Crippen LogP contribution in [0.1, 0.15) is 51.0 Å². The third kappa shape index (κ3) is 4.49. The minimum atomic E-state index is -0.682. The van der Waals surface area contributed by atoms with Gasteiger partial charge in [-0.15, -0.1) is 0 Å². The highest BCUT2D eigenvalue weighted by molar-refractivity contribution is 6.31. The number of carbonyl (C=O) groups excluding carboxylic acids is 1. The first kappa shape index (κ1) is 25.7. The van der Waals surface area contributed by atoms with Crippen LogP contribution in [0.3, 0.4) is 0 Å². The number of aryl methyl sites for hydroxylation is 2. The molecule has 1 amide bonds. The quantitative estimate of drug-likeness (QED) is 0.303. The summed E-state index contributed by atoms with van der Waals surface area (Å²) < 4.78 is 30.5. The van der Waals surface area contributed by atoms with E-state index in [0.29, 0.717) is 16.9 Å². The number of hydrogen-bond donors (Lipinski definition) is 0. The standard InChI is InChI=1S/C29H25ClF2N4O2/c1-15-14-34-23(18-6-5-7-19(27(18)32)28(37)35(3)4)13-24(15)36-16(2)10-22(26(30)29(36)38)21-12-20(21)17-8-9-33-25(31)11-17/h5-11,13-14,20-21H,12H2,1-4H3/t20-,21+/m1/s1. The van der Waals surface area contributed by atoms with Gasteiger partial charge in [-0.3, -0.25) is 19.1 Å². The molecular formula is C29H25ClF2N4O2. The van der Waals surface area contributed by atoms with E-state index in [0.717, 1.165) is 17.5 Å². The summed E-state index contributed by atoms with van der Waals surface area (Å²) in [6, 6.07) is 11.3. The molecule has 0 N–H and O–H groups in total. The lowest BCUT2D eigenvalue weighted by Crippen LogP contribution is -2.23. The molecule has 6 nitrogen and oxygen atoms in total. The van der Waals surface area contributed by atoms with Gasteiger partial charge in [0, 0.05) is 37.7 Å². The Bertz CT molecular complexity index is 1650. The van der Waals surface area contributed by atoms with E-state index in [4.69, 9.17) is 11.6 Å². The zero-order valence-electron chi connectivity index (χ0n) is 21.3. The number of benzene rings is 1. The van der Waals surface area contributed by atoms with Crippen LogP contribution in [0.15, 0.2) is 59.7 Å². The predicted molar refractivity (Wildman–Crippen MR) is 142 cm³/mol. The van der Waals surface area contributed by atoms with Crippen LogP contribution in [0.25, 0.3) is 16.9 Å². The summed E-state index contributed by atoms with van der Waals surface area (Å²) in [5.74, 6) is -1.61. The SMILES string of the molecule is Cc1cnc(-c2cccc(C(=O)N(C)C)c2F)cc1-n1c(C)cc([C@H]2C[C@@H]2c2ccnc(F)c2)c(Cl)c1=O. The van der Waals surface area contributed by atoms with Gasteiger partial charge in [-0.25, -0.2) is 9.37 Å². The number of aromatic nitrogens is 3. The minimum absolute atomic E-state index is 0.00511. The molecule has 3 aromatic heterocycles. The van der Waals surface area contributed by atoms with E-state index in [1.54, 1.807) is 58.4 Å². The Morgan fingerprint density at radius 1 is 1.08 bits per heavy atom. The molecule has 0 saturated heterocycles. The maximum absolute atomic E-state index is 15.4. The van der Waals surface area contributed by atoms with Crippen molar-refractivity contribution in [2.24, 2.45) is 0 Å². The first-order valence-corrected chi connectivity index (χ1v) is 12.5. The average molecular weight is 535 g/mol. The molecule has 0 unspecified atom stereocenters. The highest BCUT2D eigenvalue weighted by Crippen LogP contribution is 2.55. The topological polar surface area (TPSA) is 68.1 Å². The summed E-state index contributed by atoms with van der Waals surface area (Å²) in [7, 11) is 3.11. The van der Waals surface area contributed by atoms with Gasteiger partial charge in [-0.2, -0.15) is 4.39 Å². The van der Waals surface area contributed by atoms with Gasteiger partial charge < -0.3 is 4.90 Å². The molecule has 1 saturated carbocycles. The van der Waals surface area contributed by atoms with Crippen LogP contribution in [0.2, 0.25) is 5.02 Å². The van der Waals surface area contributed by atoms with Crippen molar-refractivity contribution >= 4 is 17.5 Å². The fourth-order valence-corrected chi connectivity index (χ4v) is 5.18. The van der Waals surface area contributed by atoms with Crippen molar-refractivity contribution in [3.05, 3.63) is 110 Å². The number of halogens is 3. The van der Waals surface area contributed by atoms with E-state index in [1.807, 2.05) is 6.07 Å². The average Bonchev–Trinajstić information content (AvgIpc) is 3.68. The Kier molecular flexibility index (Phi) is 6.61. The molecule has 3 heterocycles. The highest BCUT2D eigenvalue weighted by Gasteiger charge is 2.41. The normalized spacial score (nSPS) is 16.4. The van der Waals surface area contributed by atoms with Crippen LogP contribution in [0.5, 0.6) is 0 Å². The zero-order valence-corrected chi connectivity index (χ0v) is 22.1. The van der Waals surface area contributed by atoms with E-state index in [9.17, 15) is 14.0 Å². The van der Waals surface area contributed by atoms with Gasteiger partial charge in [-0.1, -0.05) is 17.7 Å². The monoisotopic (exact) mass is 534 g/mol. The number of rotatable bonds is 5. The van der Waals surface area contributed by atoms with Gasteiger partial charge in [0.05, 0.1) is 16.9 Å². The van der Waals surface area contributed by atoms with Gasteiger partial charge in [0.15, 0.2) is 0 Å². The largest absolute Gasteiger partial charge is 0.345 e. The summed E-state index contributed by atoms with van der Waals surface area (Å²) in [4.78, 5) is 35.3. The maximum Gasteiger partial charge on any atom is 0.274 e. The zero-order chi connectivity index (χ0) is 27.3. The second kappa shape index (κ2) is 9.76. The van der Waals surface area contributed by atoms with Gasteiger partial charge in [0.1, 0.15) is 10.8 Å². The van der Waals surface area contributed by atoms with E-state index >= 15 is 4.39 Å². The van der Waals surface area contributed by atoms with Crippen LogP contribution in [-0.2, 0) is 0 Å². The minimum Gasteiger partial charge on any atom is -0.345 e. The molecule has 2 atom stereocenters. The second-order valence-corrected chi connectivity index (χ2v) is 10.2. The predicted octanol–water partition coefficient (Wildman–Crippen LogP) is 5.82. The Morgan fingerprint density at radius 2 is 1.84 bits per heavy atom. The van der Waals surface area contributed by atoms with Crippen LogP contribution in [-0.4, -0.2) is 39.4 Å². The van der Waals surface area contributed by atoms with E-state index in [2.05, 4.69) is 9.97 Å². The molecule has 0 radical (unpaired) electrons. The molecule has 4 aromatic rings. The Balaban J connectivity index is 1.55. The molecule has 194 valence electrons. The molecule has 9 heteroatoms. The van der Waals surface area contributed by atoms with E-state index < -0.39 is 23.2 Å². The van der Waals surface area contributed by atoms with Crippen molar-refractivity contribution in [3.8, 4) is 16.9 Å². The van der Waals surface area contributed by atoms with E-state index in [-0.39, 0.29) is 33.7 Å². The Morgan fingerprint density at radius 3 is 2.55 bits per heavy atom. The second-order valence-electron chi connectivity index (χ2n) is 9.78. The van der Waals surface area contributed by atoms with Gasteiger partial charge in [0.2, 0.25) is 5.95 Å². The number of pyridine rings is 3. The number of carbonyl (C=O) groups is 1. The molecule has 5 rings (SSSR count). The van der Waals surface area contributed by atoms with Crippen LogP contribution < -0.4 is 5.56 Å². The summed E-state index contributed by atoms with van der Waals surface area (Å²) >= 11 is 6.62. The van der Waals surface area contributed by atoms with Gasteiger partial charge in [-0.05, 0) is 85.2 Å². The first-order chi connectivity index (χ1) is 18.1. The third-order valence-electron chi connectivity index (χ3n) is 6.96. The van der Waals surface area contributed by atoms with Gasteiger partial charge >= 0.3 is 0 Å². The lowest BCUT2D eigenvalue weighted by atomic mass is 10.0. The lowest BCUT2D eigenvalue weighted by Gasteiger charge is -2.17. The molecule has 1 fully saturated rings. The smallest absolute Gasteiger partial charge is 0.274 e. The summed E-state index contributed by atoms with van der Waals surface area (Å²) in [5, 5.41) is 0.0974. The number of nitrogens with zero attached hydrogens (tertiary/aromatic N) is 4. The molecule has 1 aliphatic carbocycles. The van der Waals surface area contributed by atoms with Gasteiger partial charge in [0.25, 0.3) is 11.5 Å². The van der Waals surface area contributed by atoms with E-state index in [1.165, 1.54) is 27.8 Å². The molecule has 0 aliphatic heterocycles. The Labute approximate surface area is 223 Å². The molecule has 38 heavy (non-hydrogen) atoms. The molecule has 0 bridgehead atoms. The molecular weight excluding hydrogens is 510 g/mol. The maximum atomic E-state index is 15.4. The highest BCUT2D eigenvalue weighted by atomic mass is 35.5. The fourth-order valence-electron chi connectivity index (χ4n) is 4.90. The van der Waals surface area contributed by atoms with Crippen LogP contribution >= 0.6 is 11.6 Å².